The van der Waals surface area contributed by atoms with Gasteiger partial charge in [0.1, 0.15) is 11.9 Å². The Labute approximate surface area is 174 Å². The molecule has 2 fully saturated rings. The first kappa shape index (κ1) is 18.6. The molecule has 152 valence electrons. The highest BCUT2D eigenvalue weighted by Crippen LogP contribution is 2.50. The number of fused-ring (bicyclic) bond motifs is 2. The van der Waals surface area contributed by atoms with Crippen LogP contribution in [0.5, 0.6) is 10.9 Å². The molecule has 0 aliphatic carbocycles. The predicted octanol–water partition coefficient (Wildman–Crippen LogP) is 3.88. The number of nitrogens with zero attached hydrogens (tertiary/aromatic N) is 5. The molecule has 3 aromatic rings. The summed E-state index contributed by atoms with van der Waals surface area (Å²) < 4.78 is 8.10. The van der Waals surface area contributed by atoms with E-state index in [9.17, 15) is 5.11 Å². The monoisotopic (exact) mass is 411 g/mol. The summed E-state index contributed by atoms with van der Waals surface area (Å²) in [5.41, 5.74) is 1.87. The second-order valence-electron chi connectivity index (χ2n) is 8.75. The van der Waals surface area contributed by atoms with Gasteiger partial charge in [0.2, 0.25) is 0 Å². The van der Waals surface area contributed by atoms with Gasteiger partial charge in [0.15, 0.2) is 5.01 Å². The van der Waals surface area contributed by atoms with Crippen molar-refractivity contribution in [1.29, 1.82) is 0 Å². The van der Waals surface area contributed by atoms with Crippen molar-refractivity contribution in [2.75, 3.05) is 7.05 Å². The minimum absolute atomic E-state index is 0.140. The molecular weight excluding hydrogens is 386 g/mol. The maximum atomic E-state index is 10.5. The molecule has 2 atom stereocenters. The zero-order chi connectivity index (χ0) is 20.2. The lowest BCUT2D eigenvalue weighted by molar-refractivity contribution is -0.0252. The first-order valence-electron chi connectivity index (χ1n) is 9.92. The number of hydrogen-bond donors (Lipinski definition) is 1. The fourth-order valence-electron chi connectivity index (χ4n) is 4.92. The Bertz CT molecular complexity index is 1020. The van der Waals surface area contributed by atoms with Crippen LogP contribution in [0.1, 0.15) is 39.5 Å². The average Bonchev–Trinajstić information content (AvgIpc) is 3.39. The largest absolute Gasteiger partial charge is 0.507 e. The number of rotatable bonds is 4. The fraction of sp³-hybridized carbons (Fsp3) is 0.476. The van der Waals surface area contributed by atoms with Crippen LogP contribution in [0, 0.1) is 0 Å². The number of hydrogen-bond acceptors (Lipinski definition) is 7. The number of benzene rings is 1. The van der Waals surface area contributed by atoms with Crippen LogP contribution in [0.15, 0.2) is 36.9 Å². The highest BCUT2D eigenvalue weighted by Gasteiger charge is 2.54. The highest BCUT2D eigenvalue weighted by atomic mass is 32.1. The van der Waals surface area contributed by atoms with Crippen LogP contribution >= 0.6 is 11.3 Å². The highest BCUT2D eigenvalue weighted by molar-refractivity contribution is 7.16. The molecule has 2 unspecified atom stereocenters. The van der Waals surface area contributed by atoms with Crippen LogP contribution in [0.4, 0.5) is 0 Å². The van der Waals surface area contributed by atoms with Gasteiger partial charge in [-0.25, -0.2) is 4.98 Å². The van der Waals surface area contributed by atoms with E-state index in [0.717, 1.165) is 18.5 Å². The number of imidazole rings is 1. The summed E-state index contributed by atoms with van der Waals surface area (Å²) in [6, 6.07) is 5.48. The molecule has 2 aliphatic rings. The van der Waals surface area contributed by atoms with Crippen molar-refractivity contribution in [2.24, 2.45) is 0 Å². The van der Waals surface area contributed by atoms with Crippen molar-refractivity contribution in [3.05, 3.63) is 36.9 Å². The third kappa shape index (κ3) is 3.11. The topological polar surface area (TPSA) is 76.3 Å². The number of phenolic OH excluding ortho intramolecular Hbond substituents is 1. The molecule has 5 rings (SSSR count). The molecule has 2 bridgehead atoms. The van der Waals surface area contributed by atoms with Gasteiger partial charge in [-0.15, -0.1) is 5.10 Å². The maximum absolute atomic E-state index is 10.5. The molecule has 2 saturated heterocycles. The van der Waals surface area contributed by atoms with Crippen molar-refractivity contribution < 1.29 is 9.84 Å². The SMILES string of the molecule is CN1C2(C)CCC1(C)CC(Oc1nnc(-c3ccc(-n4ccnc4)cc3O)s1)C2. The molecule has 2 aromatic heterocycles. The second kappa shape index (κ2) is 6.53. The van der Waals surface area contributed by atoms with Gasteiger partial charge in [0, 0.05) is 42.4 Å². The number of ether oxygens (including phenoxy) is 1. The van der Waals surface area contributed by atoms with E-state index in [1.807, 2.05) is 22.9 Å². The maximum Gasteiger partial charge on any atom is 0.294 e. The van der Waals surface area contributed by atoms with Crippen LogP contribution in [0.2, 0.25) is 0 Å². The lowest BCUT2D eigenvalue weighted by Gasteiger charge is -2.48. The van der Waals surface area contributed by atoms with Crippen LogP contribution in [-0.4, -0.2) is 54.0 Å². The van der Waals surface area contributed by atoms with Gasteiger partial charge in [0.05, 0.1) is 17.6 Å². The van der Waals surface area contributed by atoms with E-state index in [1.165, 1.54) is 24.2 Å². The fourth-order valence-corrected chi connectivity index (χ4v) is 5.72. The zero-order valence-corrected chi connectivity index (χ0v) is 17.7. The number of aromatic hydroxyl groups is 1. The van der Waals surface area contributed by atoms with Crippen molar-refractivity contribution in [2.45, 2.75) is 56.7 Å². The van der Waals surface area contributed by atoms with Gasteiger partial charge in [-0.1, -0.05) is 16.4 Å². The summed E-state index contributed by atoms with van der Waals surface area (Å²) in [7, 11) is 2.24. The third-order valence-electron chi connectivity index (χ3n) is 6.84. The van der Waals surface area contributed by atoms with Crippen LogP contribution in [0.25, 0.3) is 16.3 Å². The molecule has 4 heterocycles. The molecular formula is C21H25N5O2S. The smallest absolute Gasteiger partial charge is 0.294 e. The molecule has 0 amide bonds. The molecule has 29 heavy (non-hydrogen) atoms. The molecule has 0 spiro atoms. The summed E-state index contributed by atoms with van der Waals surface area (Å²) in [5, 5.41) is 20.2. The van der Waals surface area contributed by atoms with Crippen molar-refractivity contribution in [3.8, 4) is 27.2 Å². The Morgan fingerprint density at radius 2 is 1.93 bits per heavy atom. The minimum atomic E-state index is 0.140. The van der Waals surface area contributed by atoms with Gasteiger partial charge in [-0.3, -0.25) is 4.90 Å². The summed E-state index contributed by atoms with van der Waals surface area (Å²) in [5.74, 6) is 0.163. The van der Waals surface area contributed by atoms with E-state index in [4.69, 9.17) is 4.74 Å². The molecule has 1 N–H and O–H groups in total. The Morgan fingerprint density at radius 3 is 2.59 bits per heavy atom. The van der Waals surface area contributed by atoms with Crippen LogP contribution in [0.3, 0.4) is 0 Å². The van der Waals surface area contributed by atoms with E-state index in [1.54, 1.807) is 18.6 Å². The second-order valence-corrected chi connectivity index (χ2v) is 9.69. The lowest BCUT2D eigenvalue weighted by Crippen LogP contribution is -2.57. The van der Waals surface area contributed by atoms with Crippen molar-refractivity contribution in [3.63, 3.8) is 0 Å². The van der Waals surface area contributed by atoms with E-state index < -0.39 is 0 Å². The first-order valence-corrected chi connectivity index (χ1v) is 10.7. The summed E-state index contributed by atoms with van der Waals surface area (Å²) >= 11 is 1.38. The molecule has 8 heteroatoms. The number of phenols is 1. The normalized spacial score (nSPS) is 29.3. The quantitative estimate of drug-likeness (QED) is 0.702. The molecule has 2 aliphatic heterocycles. The lowest BCUT2D eigenvalue weighted by atomic mass is 9.84. The van der Waals surface area contributed by atoms with Gasteiger partial charge in [0.25, 0.3) is 5.19 Å². The Morgan fingerprint density at radius 1 is 1.17 bits per heavy atom. The summed E-state index contributed by atoms with van der Waals surface area (Å²) in [4.78, 5) is 6.57. The van der Waals surface area contributed by atoms with Crippen LogP contribution in [-0.2, 0) is 0 Å². The summed E-state index contributed by atoms with van der Waals surface area (Å²) in [6.07, 6.45) is 9.79. The Kier molecular flexibility index (Phi) is 4.18. The van der Waals surface area contributed by atoms with Gasteiger partial charge in [-0.05, 0) is 45.9 Å². The minimum Gasteiger partial charge on any atom is -0.507 e. The van der Waals surface area contributed by atoms with Crippen molar-refractivity contribution >= 4 is 11.3 Å². The van der Waals surface area contributed by atoms with E-state index in [-0.39, 0.29) is 22.9 Å². The molecule has 1 aromatic carbocycles. The number of aromatic nitrogens is 4. The number of piperidine rings is 1. The predicted molar refractivity (Wildman–Crippen MR) is 112 cm³/mol. The van der Waals surface area contributed by atoms with E-state index in [2.05, 4.69) is 41.0 Å². The Balaban J connectivity index is 1.34. The van der Waals surface area contributed by atoms with E-state index >= 15 is 0 Å². The summed E-state index contributed by atoms with van der Waals surface area (Å²) in [6.45, 7) is 4.66. The Hall–Kier alpha value is -2.45. The van der Waals surface area contributed by atoms with Crippen molar-refractivity contribution in [1.82, 2.24) is 24.6 Å². The van der Waals surface area contributed by atoms with Gasteiger partial charge < -0.3 is 14.4 Å². The zero-order valence-electron chi connectivity index (χ0n) is 16.9. The molecule has 7 nitrogen and oxygen atoms in total. The van der Waals surface area contributed by atoms with Gasteiger partial charge in [-0.2, -0.15) is 0 Å². The van der Waals surface area contributed by atoms with Crippen LogP contribution < -0.4 is 4.74 Å². The first-order chi connectivity index (χ1) is 13.9. The third-order valence-corrected chi connectivity index (χ3v) is 7.69. The molecule has 0 saturated carbocycles. The molecule has 0 radical (unpaired) electrons. The average molecular weight is 412 g/mol. The van der Waals surface area contributed by atoms with E-state index in [0.29, 0.717) is 15.8 Å². The van der Waals surface area contributed by atoms with Gasteiger partial charge >= 0.3 is 0 Å². The standard InChI is InChI=1S/C21H25N5O2S/c1-20-6-7-21(2,25(20)3)12-15(11-20)28-19-24-23-18(29-19)16-5-4-14(10-17(16)27)26-9-8-22-13-26/h4-5,8-10,13,15,27H,6-7,11-12H2,1-3H3.